The smallest absolute Gasteiger partial charge is 0.306 e. The number of hydrogen-bond donors (Lipinski definition) is 4. The average molecular weight is 362 g/mol. The molecule has 0 aromatic carbocycles. The van der Waals surface area contributed by atoms with Gasteiger partial charge in [0.1, 0.15) is 18.3 Å². The summed E-state index contributed by atoms with van der Waals surface area (Å²) in [5.41, 5.74) is 0. The maximum absolute atomic E-state index is 11.6. The third-order valence-corrected chi connectivity index (χ3v) is 4.09. The second-order valence-electron chi connectivity index (χ2n) is 6.39. The molecule has 25 heavy (non-hydrogen) atoms. The first kappa shape index (κ1) is 24.0. The fraction of sp³-hybridized carbons (Fsp3) is 0.889. The normalized spacial score (nSPS) is 14.8. The molecular formula is C18H34O7. The van der Waals surface area contributed by atoms with Gasteiger partial charge in [-0.1, -0.05) is 58.3 Å². The monoisotopic (exact) mass is 362 g/mol. The van der Waals surface area contributed by atoms with E-state index in [2.05, 4.69) is 6.92 Å². The van der Waals surface area contributed by atoms with E-state index in [1.807, 2.05) is 0 Å². The molecule has 0 heterocycles. The Hall–Kier alpha value is -1.02. The molecular weight excluding hydrogens is 328 g/mol. The number of carbonyl (C=O) groups excluding carboxylic acids is 2. The van der Waals surface area contributed by atoms with Gasteiger partial charge in [-0.2, -0.15) is 0 Å². The van der Waals surface area contributed by atoms with Gasteiger partial charge in [0.25, 0.3) is 0 Å². The van der Waals surface area contributed by atoms with E-state index in [1.54, 1.807) is 0 Å². The molecule has 0 aliphatic carbocycles. The van der Waals surface area contributed by atoms with Crippen LogP contribution in [0.2, 0.25) is 0 Å². The zero-order valence-electron chi connectivity index (χ0n) is 15.2. The number of ketones is 1. The summed E-state index contributed by atoms with van der Waals surface area (Å²) >= 11 is 0. The summed E-state index contributed by atoms with van der Waals surface area (Å²) in [5, 5.41) is 36.7. The molecule has 0 amide bonds. The topological polar surface area (TPSA) is 124 Å². The van der Waals surface area contributed by atoms with Gasteiger partial charge in [-0.3, -0.25) is 9.59 Å². The SMILES string of the molecule is CCCCCCCCCCCC(=O)OCC(=O)[C@@H](O)[C@H](O)[C@H](O)CO. The molecule has 3 atom stereocenters. The predicted molar refractivity (Wildman–Crippen MR) is 92.9 cm³/mol. The van der Waals surface area contributed by atoms with Gasteiger partial charge in [0, 0.05) is 6.42 Å². The molecule has 0 saturated heterocycles. The Balaban J connectivity index is 3.68. The van der Waals surface area contributed by atoms with Gasteiger partial charge in [0.15, 0.2) is 6.61 Å². The van der Waals surface area contributed by atoms with Crippen LogP contribution in [0.1, 0.15) is 71.1 Å². The zero-order valence-corrected chi connectivity index (χ0v) is 15.2. The number of aliphatic hydroxyl groups is 4. The third-order valence-electron chi connectivity index (χ3n) is 4.09. The summed E-state index contributed by atoms with van der Waals surface area (Å²) in [7, 11) is 0. The first-order valence-corrected chi connectivity index (χ1v) is 9.27. The number of Topliss-reactive ketones (excluding diaryl/α,β-unsaturated/α-hetero) is 1. The van der Waals surface area contributed by atoms with Crippen molar-refractivity contribution in [1.82, 2.24) is 0 Å². The Labute approximate surface area is 150 Å². The number of esters is 1. The molecule has 0 aliphatic rings. The molecule has 7 nitrogen and oxygen atoms in total. The molecule has 7 heteroatoms. The van der Waals surface area contributed by atoms with E-state index in [-0.39, 0.29) is 6.42 Å². The van der Waals surface area contributed by atoms with Gasteiger partial charge in [0.2, 0.25) is 5.78 Å². The standard InChI is InChI=1S/C18H34O7/c1-2-3-4-5-6-7-8-9-10-11-16(22)25-13-15(21)18(24)17(23)14(20)12-19/h14,17-20,23-24H,2-13H2,1H3/t14-,17-,18-/m1/s1. The van der Waals surface area contributed by atoms with Gasteiger partial charge in [0.05, 0.1) is 6.61 Å². The van der Waals surface area contributed by atoms with Gasteiger partial charge in [-0.15, -0.1) is 0 Å². The summed E-state index contributed by atoms with van der Waals surface area (Å²) in [5.74, 6) is -1.44. The highest BCUT2D eigenvalue weighted by molar-refractivity contribution is 5.86. The minimum Gasteiger partial charge on any atom is -0.458 e. The number of hydrogen-bond acceptors (Lipinski definition) is 7. The van der Waals surface area contributed by atoms with Crippen molar-refractivity contribution < 1.29 is 34.8 Å². The Morgan fingerprint density at radius 1 is 0.880 bits per heavy atom. The molecule has 0 aromatic rings. The number of carbonyl (C=O) groups is 2. The van der Waals surface area contributed by atoms with E-state index in [0.29, 0.717) is 6.42 Å². The summed E-state index contributed by atoms with van der Waals surface area (Å²) < 4.78 is 4.76. The van der Waals surface area contributed by atoms with Crippen LogP contribution in [0.4, 0.5) is 0 Å². The quantitative estimate of drug-likeness (QED) is 0.239. The highest BCUT2D eigenvalue weighted by atomic mass is 16.5. The number of ether oxygens (including phenoxy) is 1. The second-order valence-corrected chi connectivity index (χ2v) is 6.39. The van der Waals surface area contributed by atoms with Crippen LogP contribution in [-0.2, 0) is 14.3 Å². The van der Waals surface area contributed by atoms with Crippen molar-refractivity contribution in [2.24, 2.45) is 0 Å². The van der Waals surface area contributed by atoms with Crippen molar-refractivity contribution in [3.05, 3.63) is 0 Å². The maximum Gasteiger partial charge on any atom is 0.306 e. The van der Waals surface area contributed by atoms with E-state index in [1.165, 1.54) is 32.1 Å². The first-order valence-electron chi connectivity index (χ1n) is 9.27. The lowest BCUT2D eigenvalue weighted by Gasteiger charge is -2.20. The Kier molecular flexibility index (Phi) is 14.6. The molecule has 0 saturated carbocycles. The Morgan fingerprint density at radius 2 is 1.40 bits per heavy atom. The van der Waals surface area contributed by atoms with E-state index in [4.69, 9.17) is 14.9 Å². The van der Waals surface area contributed by atoms with E-state index >= 15 is 0 Å². The van der Waals surface area contributed by atoms with Crippen LogP contribution in [0.25, 0.3) is 0 Å². The molecule has 0 spiro atoms. The van der Waals surface area contributed by atoms with Gasteiger partial charge in [-0.05, 0) is 6.42 Å². The number of rotatable bonds is 16. The second kappa shape index (κ2) is 15.3. The minimum absolute atomic E-state index is 0.209. The Morgan fingerprint density at radius 3 is 1.92 bits per heavy atom. The highest BCUT2D eigenvalue weighted by Gasteiger charge is 2.30. The summed E-state index contributed by atoms with van der Waals surface area (Å²) in [6, 6.07) is 0. The van der Waals surface area contributed by atoms with Crippen molar-refractivity contribution in [1.29, 1.82) is 0 Å². The molecule has 0 aromatic heterocycles. The van der Waals surface area contributed by atoms with Crippen LogP contribution < -0.4 is 0 Å². The van der Waals surface area contributed by atoms with Crippen LogP contribution in [-0.4, -0.2) is 63.7 Å². The number of unbranched alkanes of at least 4 members (excludes halogenated alkanes) is 8. The molecule has 0 fully saturated rings. The molecule has 0 rings (SSSR count). The van der Waals surface area contributed by atoms with Crippen LogP contribution in [0, 0.1) is 0 Å². The molecule has 4 N–H and O–H groups in total. The predicted octanol–water partition coefficient (Wildman–Crippen LogP) is 1.09. The van der Waals surface area contributed by atoms with Crippen molar-refractivity contribution in [3.8, 4) is 0 Å². The zero-order chi connectivity index (χ0) is 19.1. The fourth-order valence-corrected chi connectivity index (χ4v) is 2.40. The molecule has 148 valence electrons. The van der Waals surface area contributed by atoms with Gasteiger partial charge >= 0.3 is 5.97 Å². The van der Waals surface area contributed by atoms with E-state index < -0.39 is 43.3 Å². The van der Waals surface area contributed by atoms with E-state index in [9.17, 15) is 19.8 Å². The lowest BCUT2D eigenvalue weighted by Crippen LogP contribution is -2.45. The third kappa shape index (κ3) is 12.0. The molecule has 0 aliphatic heterocycles. The van der Waals surface area contributed by atoms with Crippen LogP contribution in [0.3, 0.4) is 0 Å². The maximum atomic E-state index is 11.6. The molecule has 0 radical (unpaired) electrons. The summed E-state index contributed by atoms with van der Waals surface area (Å²) in [4.78, 5) is 23.1. The highest BCUT2D eigenvalue weighted by Crippen LogP contribution is 2.11. The van der Waals surface area contributed by atoms with Crippen molar-refractivity contribution in [2.75, 3.05) is 13.2 Å². The largest absolute Gasteiger partial charge is 0.458 e. The van der Waals surface area contributed by atoms with Crippen LogP contribution >= 0.6 is 0 Å². The molecule has 0 unspecified atom stereocenters. The van der Waals surface area contributed by atoms with Crippen LogP contribution in [0.15, 0.2) is 0 Å². The number of aliphatic hydroxyl groups excluding tert-OH is 4. The van der Waals surface area contributed by atoms with Crippen molar-refractivity contribution in [2.45, 2.75) is 89.4 Å². The molecule has 0 bridgehead atoms. The van der Waals surface area contributed by atoms with Gasteiger partial charge in [-0.25, -0.2) is 0 Å². The van der Waals surface area contributed by atoms with E-state index in [0.717, 1.165) is 19.3 Å². The van der Waals surface area contributed by atoms with Crippen molar-refractivity contribution in [3.63, 3.8) is 0 Å². The van der Waals surface area contributed by atoms with Crippen molar-refractivity contribution >= 4 is 11.8 Å². The minimum atomic E-state index is -1.90. The van der Waals surface area contributed by atoms with Crippen LogP contribution in [0.5, 0.6) is 0 Å². The Bertz CT molecular complexity index is 359. The summed E-state index contributed by atoms with van der Waals surface area (Å²) in [6.07, 6.45) is 5.02. The lowest BCUT2D eigenvalue weighted by molar-refractivity contribution is -0.155. The van der Waals surface area contributed by atoms with Gasteiger partial charge < -0.3 is 25.2 Å². The average Bonchev–Trinajstić information content (AvgIpc) is 2.62. The summed E-state index contributed by atoms with van der Waals surface area (Å²) in [6.45, 7) is 0.741. The lowest BCUT2D eigenvalue weighted by atomic mass is 10.1. The first-order chi connectivity index (χ1) is 11.9. The fourth-order valence-electron chi connectivity index (χ4n) is 2.40.